The fourth-order valence-electron chi connectivity index (χ4n) is 3.00. The molecule has 0 unspecified atom stereocenters. The highest BCUT2D eigenvalue weighted by atomic mass is 19.4. The number of rotatable bonds is 5. The molecule has 1 N–H and O–H groups in total. The van der Waals surface area contributed by atoms with Gasteiger partial charge in [0.05, 0.1) is 16.6 Å². The predicted octanol–water partition coefficient (Wildman–Crippen LogP) is 3.90. The Morgan fingerprint density at radius 2 is 1.93 bits per heavy atom. The quantitative estimate of drug-likeness (QED) is 0.633. The topological polar surface area (TPSA) is 86.1 Å². The van der Waals surface area contributed by atoms with Gasteiger partial charge >= 0.3 is 6.18 Å². The number of Topliss-reactive ketones (excluding diaryl/α,β-unsaturated/α-hetero) is 1. The predicted molar refractivity (Wildman–Crippen MR) is 103 cm³/mol. The Morgan fingerprint density at radius 1 is 1.23 bits per heavy atom. The first kappa shape index (κ1) is 21.3. The number of carbonyl (C=O) groups is 2. The molecule has 30 heavy (non-hydrogen) atoms. The molecule has 0 saturated heterocycles. The molecule has 7 nitrogen and oxygen atoms in total. The molecular formula is C20H19F3N4O3. The van der Waals surface area contributed by atoms with Crippen LogP contribution < -0.4 is 10.1 Å². The third-order valence-electron chi connectivity index (χ3n) is 4.45. The van der Waals surface area contributed by atoms with Crippen LogP contribution in [0, 0.1) is 6.92 Å². The summed E-state index contributed by atoms with van der Waals surface area (Å²) in [6.07, 6.45) is -5.79. The van der Waals surface area contributed by atoms with Crippen LogP contribution in [-0.4, -0.2) is 32.6 Å². The number of fused-ring (bicyclic) bond motifs is 1. The van der Waals surface area contributed by atoms with E-state index in [9.17, 15) is 22.8 Å². The van der Waals surface area contributed by atoms with Crippen molar-refractivity contribution in [3.05, 3.63) is 47.2 Å². The van der Waals surface area contributed by atoms with Gasteiger partial charge in [-0.2, -0.15) is 23.3 Å². The third-order valence-corrected chi connectivity index (χ3v) is 4.45. The zero-order valence-corrected chi connectivity index (χ0v) is 16.7. The van der Waals surface area contributed by atoms with E-state index >= 15 is 0 Å². The Balaban J connectivity index is 1.86. The zero-order chi connectivity index (χ0) is 22.2. The van der Waals surface area contributed by atoms with Gasteiger partial charge in [-0.25, -0.2) is 0 Å². The molecule has 0 aliphatic heterocycles. The molecule has 1 aromatic carbocycles. The lowest BCUT2D eigenvalue weighted by Crippen LogP contribution is -2.30. The second kappa shape index (κ2) is 7.77. The molecular weight excluding hydrogens is 401 g/mol. The summed E-state index contributed by atoms with van der Waals surface area (Å²) in [4.78, 5) is 28.0. The molecule has 1 amide bonds. The van der Waals surface area contributed by atoms with Crippen LogP contribution in [0.2, 0.25) is 0 Å². The molecule has 158 valence electrons. The first-order chi connectivity index (χ1) is 14.0. The fourth-order valence-corrected chi connectivity index (χ4v) is 3.00. The maximum Gasteiger partial charge on any atom is 0.417 e. The summed E-state index contributed by atoms with van der Waals surface area (Å²) in [5.74, 6) is -1.12. The van der Waals surface area contributed by atoms with E-state index in [1.807, 2.05) is 0 Å². The number of anilines is 1. The summed E-state index contributed by atoms with van der Waals surface area (Å²) in [6, 6.07) is 7.05. The van der Waals surface area contributed by atoms with E-state index in [0.29, 0.717) is 11.3 Å². The number of amides is 1. The van der Waals surface area contributed by atoms with E-state index < -0.39 is 23.8 Å². The van der Waals surface area contributed by atoms with Crippen molar-refractivity contribution >= 4 is 28.4 Å². The van der Waals surface area contributed by atoms with E-state index in [2.05, 4.69) is 15.4 Å². The van der Waals surface area contributed by atoms with Crippen molar-refractivity contribution in [3.8, 4) is 5.88 Å². The second-order valence-electron chi connectivity index (χ2n) is 6.80. The molecule has 1 atom stereocenters. The average molecular weight is 420 g/mol. The number of alkyl halides is 3. The Morgan fingerprint density at radius 3 is 2.57 bits per heavy atom. The van der Waals surface area contributed by atoms with Gasteiger partial charge in [0.15, 0.2) is 17.5 Å². The van der Waals surface area contributed by atoms with Crippen LogP contribution in [0.3, 0.4) is 0 Å². The number of ketones is 1. The first-order valence-corrected chi connectivity index (χ1v) is 8.97. The van der Waals surface area contributed by atoms with E-state index in [0.717, 1.165) is 6.07 Å². The number of hydrogen-bond donors (Lipinski definition) is 1. The zero-order valence-electron chi connectivity index (χ0n) is 16.7. The SMILES string of the molecule is CC(=O)c1cccc(NC(=O)[C@@H](C)Oc2cc(C(F)(F)F)c3c(C)nn(C)c3n2)c1. The molecule has 2 aromatic heterocycles. The van der Waals surface area contributed by atoms with Crippen LogP contribution >= 0.6 is 0 Å². The number of halogens is 3. The van der Waals surface area contributed by atoms with Crippen molar-refractivity contribution in [1.82, 2.24) is 14.8 Å². The van der Waals surface area contributed by atoms with Crippen molar-refractivity contribution in [1.29, 1.82) is 0 Å². The minimum atomic E-state index is -4.65. The summed E-state index contributed by atoms with van der Waals surface area (Å²) in [5, 5.41) is 6.45. The second-order valence-corrected chi connectivity index (χ2v) is 6.80. The van der Waals surface area contributed by atoms with Crippen molar-refractivity contribution in [2.75, 3.05) is 5.32 Å². The number of carbonyl (C=O) groups excluding carboxylic acids is 2. The molecule has 0 saturated carbocycles. The van der Waals surface area contributed by atoms with Crippen LogP contribution in [0.5, 0.6) is 5.88 Å². The minimum Gasteiger partial charge on any atom is -0.464 e. The Labute approximate surface area is 169 Å². The minimum absolute atomic E-state index is 0.000840. The van der Waals surface area contributed by atoms with Gasteiger partial charge in [-0.1, -0.05) is 12.1 Å². The number of pyridine rings is 1. The lowest BCUT2D eigenvalue weighted by molar-refractivity contribution is -0.136. The maximum atomic E-state index is 13.5. The van der Waals surface area contributed by atoms with Crippen LogP contribution in [0.4, 0.5) is 18.9 Å². The number of ether oxygens (including phenoxy) is 1. The summed E-state index contributed by atoms with van der Waals surface area (Å²) >= 11 is 0. The van der Waals surface area contributed by atoms with E-state index in [-0.39, 0.29) is 28.4 Å². The molecule has 0 radical (unpaired) electrons. The lowest BCUT2D eigenvalue weighted by atomic mass is 10.1. The molecule has 0 spiro atoms. The van der Waals surface area contributed by atoms with Crippen LogP contribution in [0.1, 0.15) is 35.5 Å². The molecule has 0 fully saturated rings. The van der Waals surface area contributed by atoms with Gasteiger partial charge in [0.2, 0.25) is 5.88 Å². The third kappa shape index (κ3) is 4.27. The van der Waals surface area contributed by atoms with Crippen molar-refractivity contribution in [3.63, 3.8) is 0 Å². The van der Waals surface area contributed by atoms with E-state index in [4.69, 9.17) is 4.74 Å². The van der Waals surface area contributed by atoms with Gasteiger partial charge in [0.1, 0.15) is 0 Å². The largest absolute Gasteiger partial charge is 0.464 e. The normalized spacial score (nSPS) is 12.6. The molecule has 0 aliphatic rings. The smallest absolute Gasteiger partial charge is 0.417 e. The number of hydrogen-bond acceptors (Lipinski definition) is 5. The first-order valence-electron chi connectivity index (χ1n) is 8.97. The van der Waals surface area contributed by atoms with E-state index in [1.165, 1.54) is 38.6 Å². The summed E-state index contributed by atoms with van der Waals surface area (Å²) in [7, 11) is 1.48. The van der Waals surface area contributed by atoms with Gasteiger partial charge in [0.25, 0.3) is 5.91 Å². The molecule has 0 bridgehead atoms. The number of nitrogens with zero attached hydrogens (tertiary/aromatic N) is 3. The van der Waals surface area contributed by atoms with Gasteiger partial charge in [-0.15, -0.1) is 0 Å². The molecule has 2 heterocycles. The number of benzene rings is 1. The van der Waals surface area contributed by atoms with Crippen molar-refractivity contribution in [2.45, 2.75) is 33.1 Å². The van der Waals surface area contributed by atoms with Gasteiger partial charge in [0, 0.05) is 24.4 Å². The summed E-state index contributed by atoms with van der Waals surface area (Å²) < 4.78 is 47.3. The number of nitrogens with one attached hydrogen (secondary N) is 1. The van der Waals surface area contributed by atoms with E-state index in [1.54, 1.807) is 18.2 Å². The number of aryl methyl sites for hydroxylation is 2. The maximum absolute atomic E-state index is 13.5. The summed E-state index contributed by atoms with van der Waals surface area (Å²) in [5.41, 5.74) is 0.0312. The van der Waals surface area contributed by atoms with Crippen LogP contribution in [0.15, 0.2) is 30.3 Å². The summed E-state index contributed by atoms with van der Waals surface area (Å²) in [6.45, 7) is 4.25. The Hall–Kier alpha value is -3.43. The Kier molecular flexibility index (Phi) is 5.51. The van der Waals surface area contributed by atoms with Gasteiger partial charge in [-0.3, -0.25) is 14.3 Å². The molecule has 10 heteroatoms. The lowest BCUT2D eigenvalue weighted by Gasteiger charge is -2.16. The van der Waals surface area contributed by atoms with Gasteiger partial charge in [-0.05, 0) is 32.9 Å². The highest BCUT2D eigenvalue weighted by Crippen LogP contribution is 2.37. The Bertz CT molecular complexity index is 1140. The fraction of sp³-hybridized carbons (Fsp3) is 0.300. The highest BCUT2D eigenvalue weighted by Gasteiger charge is 2.36. The highest BCUT2D eigenvalue weighted by molar-refractivity contribution is 5.98. The molecule has 3 rings (SSSR count). The standard InChI is InChI=1S/C20H19F3N4O3/c1-10-17-15(20(21,22)23)9-16(25-18(17)27(4)26-10)30-12(3)19(29)24-14-7-5-6-13(8-14)11(2)28/h5-9,12H,1-4H3,(H,24,29)/t12-/m1/s1. The van der Waals surface area contributed by atoms with Crippen molar-refractivity contribution < 1.29 is 27.5 Å². The van der Waals surface area contributed by atoms with Crippen molar-refractivity contribution in [2.24, 2.45) is 7.05 Å². The molecule has 3 aromatic rings. The monoisotopic (exact) mass is 420 g/mol. The number of aromatic nitrogens is 3. The van der Waals surface area contributed by atoms with Gasteiger partial charge < -0.3 is 10.1 Å². The molecule has 0 aliphatic carbocycles. The van der Waals surface area contributed by atoms with Crippen LogP contribution in [-0.2, 0) is 18.0 Å². The van der Waals surface area contributed by atoms with Crippen LogP contribution in [0.25, 0.3) is 11.0 Å². The average Bonchev–Trinajstić information content (AvgIpc) is 2.94.